The van der Waals surface area contributed by atoms with Gasteiger partial charge in [0.15, 0.2) is 0 Å². The van der Waals surface area contributed by atoms with E-state index in [0.29, 0.717) is 5.92 Å². The maximum atomic E-state index is 6.03. The van der Waals surface area contributed by atoms with Gasteiger partial charge in [-0.15, -0.1) is 0 Å². The lowest BCUT2D eigenvalue weighted by atomic mass is 9.90. The van der Waals surface area contributed by atoms with Crippen LogP contribution in [-0.2, 0) is 6.54 Å². The Morgan fingerprint density at radius 1 is 1.08 bits per heavy atom. The summed E-state index contributed by atoms with van der Waals surface area (Å²) < 4.78 is 0. The van der Waals surface area contributed by atoms with Crippen LogP contribution >= 0.6 is 11.6 Å². The molecule has 0 spiro atoms. The molecule has 1 unspecified atom stereocenters. The van der Waals surface area contributed by atoms with Crippen LogP contribution in [0.1, 0.15) is 30.0 Å². The number of hydrogen-bond acceptors (Lipinski definition) is 2. The number of aromatic nitrogens is 2. The zero-order valence-corrected chi connectivity index (χ0v) is 14.9. The Hall–Kier alpha value is -2.10. The highest BCUT2D eigenvalue weighted by Gasteiger charge is 2.25. The predicted molar refractivity (Wildman–Crippen MR) is 103 cm³/mol. The number of aromatic amines is 1. The number of benzene rings is 2. The molecule has 2 aromatic carbocycles. The second kappa shape index (κ2) is 7.42. The van der Waals surface area contributed by atoms with E-state index in [4.69, 9.17) is 11.6 Å². The molecule has 1 aliphatic heterocycles. The lowest BCUT2D eigenvalue weighted by Crippen LogP contribution is -2.34. The van der Waals surface area contributed by atoms with Gasteiger partial charge in [0.25, 0.3) is 0 Å². The van der Waals surface area contributed by atoms with Gasteiger partial charge in [-0.1, -0.05) is 54.1 Å². The second-order valence-electron chi connectivity index (χ2n) is 6.76. The van der Waals surface area contributed by atoms with Gasteiger partial charge in [-0.2, -0.15) is 5.10 Å². The molecule has 1 aliphatic rings. The smallest absolute Gasteiger partial charge is 0.0568 e. The average molecular weight is 352 g/mol. The second-order valence-corrected chi connectivity index (χ2v) is 7.20. The van der Waals surface area contributed by atoms with E-state index >= 15 is 0 Å². The molecule has 0 saturated carbocycles. The minimum Gasteiger partial charge on any atom is -0.298 e. The number of hydrogen-bond donors (Lipinski definition) is 1. The molecule has 4 heteroatoms. The highest BCUT2D eigenvalue weighted by atomic mass is 35.5. The van der Waals surface area contributed by atoms with Gasteiger partial charge in [-0.3, -0.25) is 10.00 Å². The van der Waals surface area contributed by atoms with Crippen molar-refractivity contribution in [3.8, 4) is 11.1 Å². The van der Waals surface area contributed by atoms with E-state index in [1.807, 2.05) is 18.3 Å². The van der Waals surface area contributed by atoms with Crippen molar-refractivity contribution in [2.75, 3.05) is 13.1 Å². The highest BCUT2D eigenvalue weighted by Crippen LogP contribution is 2.33. The van der Waals surface area contributed by atoms with Crippen LogP contribution in [-0.4, -0.2) is 28.2 Å². The summed E-state index contributed by atoms with van der Waals surface area (Å²) in [6, 6.07) is 18.7. The molecule has 2 heterocycles. The fourth-order valence-electron chi connectivity index (χ4n) is 3.74. The topological polar surface area (TPSA) is 31.9 Å². The van der Waals surface area contributed by atoms with Crippen LogP contribution in [0.15, 0.2) is 60.8 Å². The summed E-state index contributed by atoms with van der Waals surface area (Å²) in [6.45, 7) is 3.25. The largest absolute Gasteiger partial charge is 0.298 e. The molecule has 4 rings (SSSR count). The fourth-order valence-corrected chi connectivity index (χ4v) is 3.87. The van der Waals surface area contributed by atoms with Crippen LogP contribution < -0.4 is 0 Å². The van der Waals surface area contributed by atoms with Gasteiger partial charge < -0.3 is 0 Å². The summed E-state index contributed by atoms with van der Waals surface area (Å²) in [6.07, 6.45) is 4.36. The van der Waals surface area contributed by atoms with Crippen LogP contribution in [0.2, 0.25) is 5.02 Å². The average Bonchev–Trinajstić information content (AvgIpc) is 3.13. The number of rotatable bonds is 4. The SMILES string of the molecule is Clc1ccc(-c2cn[nH]c2C2CCCN(Cc3ccccc3)C2)cc1. The van der Waals surface area contributed by atoms with Gasteiger partial charge in [0.2, 0.25) is 0 Å². The number of likely N-dealkylation sites (tertiary alicyclic amines) is 1. The van der Waals surface area contributed by atoms with Gasteiger partial charge in [-0.25, -0.2) is 0 Å². The van der Waals surface area contributed by atoms with E-state index in [9.17, 15) is 0 Å². The summed E-state index contributed by atoms with van der Waals surface area (Å²) in [7, 11) is 0. The van der Waals surface area contributed by atoms with Crippen LogP contribution in [0.3, 0.4) is 0 Å². The third-order valence-electron chi connectivity index (χ3n) is 4.99. The molecule has 1 N–H and O–H groups in total. The molecule has 0 bridgehead atoms. The van der Waals surface area contributed by atoms with Gasteiger partial charge in [0.05, 0.1) is 6.20 Å². The molecule has 0 radical (unpaired) electrons. The summed E-state index contributed by atoms with van der Waals surface area (Å²) in [5.74, 6) is 0.491. The molecule has 128 valence electrons. The highest BCUT2D eigenvalue weighted by molar-refractivity contribution is 6.30. The molecule has 1 aromatic heterocycles. The Bertz CT molecular complexity index is 811. The summed E-state index contributed by atoms with van der Waals surface area (Å²) in [4.78, 5) is 2.55. The van der Waals surface area contributed by atoms with Crippen molar-refractivity contribution in [3.05, 3.63) is 77.1 Å². The number of piperidine rings is 1. The van der Waals surface area contributed by atoms with Crippen molar-refractivity contribution in [3.63, 3.8) is 0 Å². The Morgan fingerprint density at radius 2 is 1.88 bits per heavy atom. The van der Waals surface area contributed by atoms with Crippen molar-refractivity contribution in [1.82, 2.24) is 15.1 Å². The Labute approximate surface area is 153 Å². The van der Waals surface area contributed by atoms with Crippen molar-refractivity contribution in [1.29, 1.82) is 0 Å². The molecule has 1 atom stereocenters. The molecule has 3 aromatic rings. The van der Waals surface area contributed by atoms with Gasteiger partial charge in [0.1, 0.15) is 0 Å². The zero-order chi connectivity index (χ0) is 17.1. The number of nitrogens with zero attached hydrogens (tertiary/aromatic N) is 2. The van der Waals surface area contributed by atoms with Crippen molar-refractivity contribution >= 4 is 11.6 Å². The number of H-pyrrole nitrogens is 1. The lowest BCUT2D eigenvalue weighted by Gasteiger charge is -2.32. The van der Waals surface area contributed by atoms with E-state index in [1.54, 1.807) is 0 Å². The monoisotopic (exact) mass is 351 g/mol. The van der Waals surface area contributed by atoms with Crippen LogP contribution in [0.25, 0.3) is 11.1 Å². The minimum atomic E-state index is 0.491. The molecule has 1 saturated heterocycles. The van der Waals surface area contributed by atoms with Crippen LogP contribution in [0, 0.1) is 0 Å². The van der Waals surface area contributed by atoms with E-state index < -0.39 is 0 Å². The first-order valence-electron chi connectivity index (χ1n) is 8.85. The quantitative estimate of drug-likeness (QED) is 0.708. The zero-order valence-electron chi connectivity index (χ0n) is 14.2. The lowest BCUT2D eigenvalue weighted by molar-refractivity contribution is 0.198. The number of nitrogens with one attached hydrogen (secondary N) is 1. The fraction of sp³-hybridized carbons (Fsp3) is 0.286. The standard InChI is InChI=1S/C21H22ClN3/c22-19-10-8-17(9-11-19)20-13-23-24-21(20)18-7-4-12-25(15-18)14-16-5-2-1-3-6-16/h1-3,5-6,8-11,13,18H,4,7,12,14-15H2,(H,23,24). The molecule has 0 amide bonds. The van der Waals surface area contributed by atoms with Gasteiger partial charge >= 0.3 is 0 Å². The molecule has 0 aliphatic carbocycles. The van der Waals surface area contributed by atoms with Crippen molar-refractivity contribution < 1.29 is 0 Å². The molecular formula is C21H22ClN3. The normalized spacial score (nSPS) is 18.4. The van der Waals surface area contributed by atoms with Crippen molar-refractivity contribution in [2.24, 2.45) is 0 Å². The van der Waals surface area contributed by atoms with Crippen LogP contribution in [0.5, 0.6) is 0 Å². The third kappa shape index (κ3) is 3.78. The van der Waals surface area contributed by atoms with E-state index in [-0.39, 0.29) is 0 Å². The van der Waals surface area contributed by atoms with Crippen molar-refractivity contribution in [2.45, 2.75) is 25.3 Å². The maximum absolute atomic E-state index is 6.03. The molecule has 25 heavy (non-hydrogen) atoms. The van der Waals surface area contributed by atoms with E-state index in [2.05, 4.69) is 57.6 Å². The summed E-state index contributed by atoms with van der Waals surface area (Å²) in [5.41, 5.74) is 5.00. The van der Waals surface area contributed by atoms with Gasteiger partial charge in [0, 0.05) is 35.3 Å². The predicted octanol–water partition coefficient (Wildman–Crippen LogP) is 5.11. The first-order chi connectivity index (χ1) is 12.3. The van der Waals surface area contributed by atoms with E-state index in [1.165, 1.54) is 35.2 Å². The summed E-state index contributed by atoms with van der Waals surface area (Å²) in [5, 5.41) is 8.36. The third-order valence-corrected chi connectivity index (χ3v) is 5.24. The first-order valence-corrected chi connectivity index (χ1v) is 9.23. The maximum Gasteiger partial charge on any atom is 0.0568 e. The first kappa shape index (κ1) is 16.4. The minimum absolute atomic E-state index is 0.491. The van der Waals surface area contributed by atoms with Gasteiger partial charge in [-0.05, 0) is 42.6 Å². The van der Waals surface area contributed by atoms with E-state index in [0.717, 1.165) is 24.7 Å². The van der Waals surface area contributed by atoms with Crippen LogP contribution in [0.4, 0.5) is 0 Å². The summed E-state index contributed by atoms with van der Waals surface area (Å²) >= 11 is 6.03. The Balaban J connectivity index is 1.52. The molecule has 1 fully saturated rings. The Morgan fingerprint density at radius 3 is 2.68 bits per heavy atom. The number of halogens is 1. The molecular weight excluding hydrogens is 330 g/mol. The molecule has 3 nitrogen and oxygen atoms in total. The Kier molecular flexibility index (Phi) is 4.86.